The zero-order valence-electron chi connectivity index (χ0n) is 20.9. The number of piperazine rings is 1. The Kier molecular flexibility index (Phi) is 6.46. The Morgan fingerprint density at radius 2 is 1.86 bits per heavy atom. The fourth-order valence-corrected chi connectivity index (χ4v) is 6.73. The van der Waals surface area contributed by atoms with Gasteiger partial charge < -0.3 is 0 Å². The van der Waals surface area contributed by atoms with E-state index < -0.39 is 10.2 Å². The van der Waals surface area contributed by atoms with Crippen LogP contribution in [0.3, 0.4) is 0 Å². The van der Waals surface area contributed by atoms with Gasteiger partial charge in [-0.15, -0.1) is 0 Å². The third-order valence-electron chi connectivity index (χ3n) is 7.19. The number of rotatable bonds is 7. The third-order valence-corrected chi connectivity index (χ3v) is 9.20. The number of aryl methyl sites for hydroxylation is 1. The lowest BCUT2D eigenvalue weighted by molar-refractivity contribution is 0.102. The molecule has 3 aromatic rings. The maximum atomic E-state index is 13.4. The highest BCUT2D eigenvalue weighted by molar-refractivity contribution is 7.86. The summed E-state index contributed by atoms with van der Waals surface area (Å²) in [5, 5.41) is 5.54. The summed E-state index contributed by atoms with van der Waals surface area (Å²) in [7, 11) is -1.78. The number of halogens is 1. The van der Waals surface area contributed by atoms with Crippen molar-refractivity contribution in [2.75, 3.05) is 33.2 Å². The van der Waals surface area contributed by atoms with Gasteiger partial charge in [-0.3, -0.25) is 4.90 Å². The normalized spacial score (nSPS) is 20.4. The van der Waals surface area contributed by atoms with Crippen LogP contribution < -0.4 is 0 Å². The molecule has 1 aliphatic carbocycles. The van der Waals surface area contributed by atoms with Gasteiger partial charge in [0.05, 0.1) is 17.4 Å². The van der Waals surface area contributed by atoms with Crippen molar-refractivity contribution in [1.29, 1.82) is 0 Å². The first-order chi connectivity index (χ1) is 16.6. The molecule has 0 amide bonds. The molecule has 1 aromatic heterocycles. The highest BCUT2D eigenvalue weighted by atomic mass is 32.2. The standard InChI is InChI=1S/C26H34FN5O2S/c1-18(2)16-30-11-12-31(35(33,34)29(4)22-9-10-22)17-26(30)24-14-20-15-28-32(25(20)13-19(24)3)23-7-5-21(27)6-8-23/h5-8,13-15,18,22,26H,9-12,16-17H2,1-4H3. The zero-order valence-corrected chi connectivity index (χ0v) is 21.7. The molecule has 5 rings (SSSR count). The molecule has 2 aliphatic rings. The van der Waals surface area contributed by atoms with Gasteiger partial charge in [-0.25, -0.2) is 9.07 Å². The summed E-state index contributed by atoms with van der Waals surface area (Å²) in [4.78, 5) is 2.42. The minimum Gasteiger partial charge on any atom is -0.293 e. The predicted molar refractivity (Wildman–Crippen MR) is 136 cm³/mol. The molecule has 1 aliphatic heterocycles. The van der Waals surface area contributed by atoms with Crippen LogP contribution in [0.5, 0.6) is 0 Å². The van der Waals surface area contributed by atoms with Crippen molar-refractivity contribution in [3.05, 3.63) is 59.5 Å². The minimum absolute atomic E-state index is 0.0351. The van der Waals surface area contributed by atoms with Crippen LogP contribution in [0.15, 0.2) is 42.6 Å². The van der Waals surface area contributed by atoms with Crippen LogP contribution in [0, 0.1) is 18.7 Å². The van der Waals surface area contributed by atoms with Crippen LogP contribution in [0.1, 0.15) is 43.9 Å². The summed E-state index contributed by atoms with van der Waals surface area (Å²) in [5.41, 5.74) is 3.97. The summed E-state index contributed by atoms with van der Waals surface area (Å²) >= 11 is 0. The lowest BCUT2D eigenvalue weighted by Gasteiger charge is -2.43. The molecular formula is C26H34FN5O2S. The summed E-state index contributed by atoms with van der Waals surface area (Å²) < 4.78 is 45.2. The molecule has 188 valence electrons. The molecule has 1 saturated heterocycles. The first-order valence-corrected chi connectivity index (χ1v) is 13.8. The van der Waals surface area contributed by atoms with Crippen molar-refractivity contribution in [2.45, 2.75) is 45.7 Å². The van der Waals surface area contributed by atoms with Crippen LogP contribution in [0.25, 0.3) is 16.6 Å². The molecule has 1 atom stereocenters. The van der Waals surface area contributed by atoms with Gasteiger partial charge in [-0.05, 0) is 73.2 Å². The van der Waals surface area contributed by atoms with Crippen LogP contribution in [0.4, 0.5) is 4.39 Å². The molecule has 2 aromatic carbocycles. The van der Waals surface area contributed by atoms with Gasteiger partial charge in [-0.2, -0.15) is 22.1 Å². The van der Waals surface area contributed by atoms with E-state index in [4.69, 9.17) is 0 Å². The van der Waals surface area contributed by atoms with Crippen LogP contribution >= 0.6 is 0 Å². The van der Waals surface area contributed by atoms with Gasteiger partial charge in [-0.1, -0.05) is 13.8 Å². The number of fused-ring (bicyclic) bond motifs is 1. The second kappa shape index (κ2) is 9.28. The van der Waals surface area contributed by atoms with Crippen molar-refractivity contribution < 1.29 is 12.8 Å². The second-order valence-corrected chi connectivity index (χ2v) is 12.3. The average molecular weight is 500 g/mol. The van der Waals surface area contributed by atoms with Crippen molar-refractivity contribution >= 4 is 21.1 Å². The van der Waals surface area contributed by atoms with E-state index in [1.54, 1.807) is 27.8 Å². The van der Waals surface area contributed by atoms with Gasteiger partial charge in [0.1, 0.15) is 5.82 Å². The number of nitrogens with zero attached hydrogens (tertiary/aromatic N) is 5. The SMILES string of the molecule is Cc1cc2c(cnn2-c2ccc(F)cc2)cc1C1CN(S(=O)(=O)N(C)C2CC2)CCN1CC(C)C. The van der Waals surface area contributed by atoms with E-state index in [2.05, 4.69) is 42.9 Å². The smallest absolute Gasteiger partial charge is 0.282 e. The molecule has 1 unspecified atom stereocenters. The number of benzene rings is 2. The Bertz CT molecular complexity index is 1320. The van der Waals surface area contributed by atoms with Crippen molar-refractivity contribution in [3.63, 3.8) is 0 Å². The van der Waals surface area contributed by atoms with Crippen LogP contribution in [0.2, 0.25) is 0 Å². The Morgan fingerprint density at radius 3 is 2.51 bits per heavy atom. The van der Waals surface area contributed by atoms with Crippen molar-refractivity contribution in [3.8, 4) is 5.69 Å². The number of aromatic nitrogens is 2. The summed E-state index contributed by atoms with van der Waals surface area (Å²) in [6.45, 7) is 9.02. The zero-order chi connectivity index (χ0) is 24.9. The maximum Gasteiger partial charge on any atom is 0.282 e. The van der Waals surface area contributed by atoms with E-state index in [0.29, 0.717) is 25.6 Å². The Hall–Kier alpha value is -2.33. The number of hydrogen-bond acceptors (Lipinski definition) is 4. The quantitative estimate of drug-likeness (QED) is 0.491. The topological polar surface area (TPSA) is 61.7 Å². The highest BCUT2D eigenvalue weighted by Gasteiger charge is 2.41. The molecule has 1 saturated carbocycles. The first-order valence-electron chi connectivity index (χ1n) is 12.4. The molecule has 2 fully saturated rings. The van der Waals surface area contributed by atoms with Gasteiger partial charge in [0.2, 0.25) is 0 Å². The molecule has 2 heterocycles. The van der Waals surface area contributed by atoms with Crippen LogP contribution in [-0.4, -0.2) is 71.0 Å². The second-order valence-electron chi connectivity index (χ2n) is 10.3. The van der Waals surface area contributed by atoms with Gasteiger partial charge in [0.25, 0.3) is 10.2 Å². The van der Waals surface area contributed by atoms with E-state index >= 15 is 0 Å². The Morgan fingerprint density at radius 1 is 1.14 bits per heavy atom. The highest BCUT2D eigenvalue weighted by Crippen LogP contribution is 2.35. The van der Waals surface area contributed by atoms with Gasteiger partial charge >= 0.3 is 0 Å². The molecule has 0 bridgehead atoms. The third kappa shape index (κ3) is 4.74. The van der Waals surface area contributed by atoms with E-state index in [9.17, 15) is 12.8 Å². The van der Waals surface area contributed by atoms with Crippen molar-refractivity contribution in [2.24, 2.45) is 5.92 Å². The average Bonchev–Trinajstić information content (AvgIpc) is 3.59. The lowest BCUT2D eigenvalue weighted by Crippen LogP contribution is -2.54. The summed E-state index contributed by atoms with van der Waals surface area (Å²) in [5.74, 6) is 0.193. The number of hydrogen-bond donors (Lipinski definition) is 0. The predicted octanol–water partition coefficient (Wildman–Crippen LogP) is 4.13. The van der Waals surface area contributed by atoms with Gasteiger partial charge in [0.15, 0.2) is 0 Å². The van der Waals surface area contributed by atoms with E-state index in [0.717, 1.165) is 47.1 Å². The maximum absolute atomic E-state index is 13.4. The summed E-state index contributed by atoms with van der Waals surface area (Å²) in [6, 6.07) is 10.7. The molecule has 0 N–H and O–H groups in total. The van der Waals surface area contributed by atoms with Crippen molar-refractivity contribution in [1.82, 2.24) is 23.3 Å². The first kappa shape index (κ1) is 24.4. The minimum atomic E-state index is -3.49. The van der Waals surface area contributed by atoms with Crippen LogP contribution in [-0.2, 0) is 10.2 Å². The van der Waals surface area contributed by atoms with Gasteiger partial charge in [0, 0.05) is 50.7 Å². The molecule has 0 radical (unpaired) electrons. The molecule has 35 heavy (non-hydrogen) atoms. The molecule has 9 heteroatoms. The lowest BCUT2D eigenvalue weighted by atomic mass is 9.96. The Balaban J connectivity index is 1.51. The fourth-order valence-electron chi connectivity index (χ4n) is 5.14. The van der Waals surface area contributed by atoms with E-state index in [-0.39, 0.29) is 17.9 Å². The molecular weight excluding hydrogens is 465 g/mol. The monoisotopic (exact) mass is 499 g/mol. The van der Waals surface area contributed by atoms with E-state index in [1.165, 1.54) is 12.1 Å². The molecule has 7 nitrogen and oxygen atoms in total. The fraction of sp³-hybridized carbons (Fsp3) is 0.500. The molecule has 0 spiro atoms. The Labute approximate surface area is 207 Å². The van der Waals surface area contributed by atoms with E-state index in [1.807, 2.05) is 10.9 Å². The largest absolute Gasteiger partial charge is 0.293 e. The summed E-state index contributed by atoms with van der Waals surface area (Å²) in [6.07, 6.45) is 3.72.